The van der Waals surface area contributed by atoms with Crippen LogP contribution in [0.3, 0.4) is 0 Å². The third-order valence-electron chi connectivity index (χ3n) is 2.07. The Bertz CT molecular complexity index is 132. The lowest BCUT2D eigenvalue weighted by Gasteiger charge is -2.12. The molecule has 1 fully saturated rings. The second-order valence-corrected chi connectivity index (χ2v) is 3.15. The Morgan fingerprint density at radius 3 is 3.09 bits per heavy atom. The fraction of sp³-hybridized carbons (Fsp3) is 0.889. The summed E-state index contributed by atoms with van der Waals surface area (Å²) in [7, 11) is 0. The highest BCUT2D eigenvalue weighted by molar-refractivity contribution is 5.69. The van der Waals surface area contributed by atoms with E-state index < -0.39 is 0 Å². The third kappa shape index (κ3) is 2.91. The van der Waals surface area contributed by atoms with Crippen molar-refractivity contribution < 1.29 is 9.53 Å². The predicted molar refractivity (Wildman–Crippen MR) is 43.3 cm³/mol. The van der Waals surface area contributed by atoms with E-state index in [2.05, 4.69) is 6.92 Å². The molecule has 0 aromatic rings. The molecule has 0 bridgehead atoms. The second-order valence-electron chi connectivity index (χ2n) is 3.15. The van der Waals surface area contributed by atoms with Crippen LogP contribution in [0.2, 0.25) is 0 Å². The summed E-state index contributed by atoms with van der Waals surface area (Å²) in [6.07, 6.45) is 6.22. The summed E-state index contributed by atoms with van der Waals surface area (Å²) in [6.45, 7) is 2.12. The van der Waals surface area contributed by atoms with Crippen molar-refractivity contribution in [3.63, 3.8) is 0 Å². The number of carbonyl (C=O) groups excluding carboxylic acids is 1. The van der Waals surface area contributed by atoms with Gasteiger partial charge in [-0.05, 0) is 25.7 Å². The van der Waals surface area contributed by atoms with Crippen LogP contribution in [-0.4, -0.2) is 12.1 Å². The van der Waals surface area contributed by atoms with Crippen LogP contribution in [0.5, 0.6) is 0 Å². The van der Waals surface area contributed by atoms with Crippen molar-refractivity contribution in [2.24, 2.45) is 0 Å². The van der Waals surface area contributed by atoms with E-state index in [-0.39, 0.29) is 12.1 Å². The molecule has 0 spiro atoms. The smallest absolute Gasteiger partial charge is 0.306 e. The Kier molecular flexibility index (Phi) is 3.40. The molecule has 1 atom stereocenters. The van der Waals surface area contributed by atoms with Gasteiger partial charge in [0.1, 0.15) is 6.10 Å². The summed E-state index contributed by atoms with van der Waals surface area (Å²) in [5.41, 5.74) is 0. The van der Waals surface area contributed by atoms with E-state index >= 15 is 0 Å². The minimum absolute atomic E-state index is 0.000880. The fourth-order valence-electron chi connectivity index (χ4n) is 1.47. The fourth-order valence-corrected chi connectivity index (χ4v) is 1.47. The summed E-state index contributed by atoms with van der Waals surface area (Å²) in [5, 5.41) is 0. The average molecular weight is 156 g/mol. The molecule has 1 rings (SSSR count). The number of cyclic esters (lactones) is 1. The minimum atomic E-state index is 0.000880. The minimum Gasteiger partial charge on any atom is -0.462 e. The van der Waals surface area contributed by atoms with Crippen molar-refractivity contribution in [2.75, 3.05) is 0 Å². The van der Waals surface area contributed by atoms with E-state index in [1.807, 2.05) is 0 Å². The molecule has 1 aliphatic rings. The zero-order chi connectivity index (χ0) is 8.10. The molecule has 1 heterocycles. The van der Waals surface area contributed by atoms with Gasteiger partial charge in [-0.1, -0.05) is 13.3 Å². The summed E-state index contributed by atoms with van der Waals surface area (Å²) in [4.78, 5) is 10.9. The van der Waals surface area contributed by atoms with Crippen molar-refractivity contribution >= 4 is 5.97 Å². The van der Waals surface area contributed by atoms with Gasteiger partial charge in [-0.25, -0.2) is 0 Å². The van der Waals surface area contributed by atoms with E-state index in [1.165, 1.54) is 0 Å². The van der Waals surface area contributed by atoms with Crippen molar-refractivity contribution in [1.82, 2.24) is 0 Å². The van der Waals surface area contributed by atoms with Crippen LogP contribution in [0.15, 0.2) is 0 Å². The molecule has 0 radical (unpaired) electrons. The highest BCUT2D eigenvalue weighted by atomic mass is 16.5. The number of hydrogen-bond donors (Lipinski definition) is 0. The Balaban J connectivity index is 2.33. The van der Waals surface area contributed by atoms with Crippen LogP contribution in [0.25, 0.3) is 0 Å². The van der Waals surface area contributed by atoms with Gasteiger partial charge in [0.25, 0.3) is 0 Å². The van der Waals surface area contributed by atoms with Crippen LogP contribution in [0, 0.1) is 0 Å². The van der Waals surface area contributed by atoms with Crippen LogP contribution in [-0.2, 0) is 9.53 Å². The first-order valence-corrected chi connectivity index (χ1v) is 4.52. The Morgan fingerprint density at radius 1 is 1.55 bits per heavy atom. The molecule has 0 aromatic carbocycles. The van der Waals surface area contributed by atoms with E-state index in [0.29, 0.717) is 6.42 Å². The monoisotopic (exact) mass is 156 g/mol. The van der Waals surface area contributed by atoms with E-state index in [4.69, 9.17) is 4.74 Å². The first-order chi connectivity index (χ1) is 5.33. The molecule has 1 aliphatic heterocycles. The predicted octanol–water partition coefficient (Wildman–Crippen LogP) is 2.27. The molecular weight excluding hydrogens is 140 g/mol. The van der Waals surface area contributed by atoms with Crippen molar-refractivity contribution in [3.05, 3.63) is 0 Å². The van der Waals surface area contributed by atoms with Gasteiger partial charge in [-0.15, -0.1) is 0 Å². The maximum Gasteiger partial charge on any atom is 0.306 e. The van der Waals surface area contributed by atoms with Gasteiger partial charge in [0.2, 0.25) is 0 Å². The largest absolute Gasteiger partial charge is 0.462 e. The summed E-state index contributed by atoms with van der Waals surface area (Å²) in [6, 6.07) is 0. The standard InChI is InChI=1S/C9H16O2/c1-2-5-8-6-3-4-7-9(10)11-8/h8H,2-7H2,1H3. The van der Waals surface area contributed by atoms with Crippen molar-refractivity contribution in [3.8, 4) is 0 Å². The summed E-state index contributed by atoms with van der Waals surface area (Å²) >= 11 is 0. The Morgan fingerprint density at radius 2 is 2.36 bits per heavy atom. The molecule has 0 saturated carbocycles. The lowest BCUT2D eigenvalue weighted by Crippen LogP contribution is -2.14. The third-order valence-corrected chi connectivity index (χ3v) is 2.07. The van der Waals surface area contributed by atoms with Crippen molar-refractivity contribution in [2.45, 2.75) is 51.6 Å². The molecule has 0 N–H and O–H groups in total. The molecule has 0 amide bonds. The normalized spacial score (nSPS) is 25.9. The molecule has 2 heteroatoms. The number of rotatable bonds is 2. The van der Waals surface area contributed by atoms with Gasteiger partial charge in [-0.2, -0.15) is 0 Å². The van der Waals surface area contributed by atoms with Gasteiger partial charge in [0.15, 0.2) is 0 Å². The SMILES string of the molecule is CCCC1CCCCC(=O)O1. The average Bonchev–Trinajstić information content (AvgIpc) is 2.15. The van der Waals surface area contributed by atoms with Crippen LogP contribution in [0.4, 0.5) is 0 Å². The molecule has 0 aliphatic carbocycles. The number of hydrogen-bond acceptors (Lipinski definition) is 2. The molecule has 2 nitrogen and oxygen atoms in total. The van der Waals surface area contributed by atoms with Crippen LogP contribution < -0.4 is 0 Å². The van der Waals surface area contributed by atoms with E-state index in [9.17, 15) is 4.79 Å². The maximum absolute atomic E-state index is 10.9. The zero-order valence-electron chi connectivity index (χ0n) is 7.14. The first kappa shape index (κ1) is 8.57. The maximum atomic E-state index is 10.9. The quantitative estimate of drug-likeness (QED) is 0.573. The highest BCUT2D eigenvalue weighted by Gasteiger charge is 2.16. The number of esters is 1. The Hall–Kier alpha value is -0.530. The molecule has 64 valence electrons. The molecule has 0 aromatic heterocycles. The van der Waals surface area contributed by atoms with Gasteiger partial charge in [-0.3, -0.25) is 4.79 Å². The van der Waals surface area contributed by atoms with Gasteiger partial charge >= 0.3 is 5.97 Å². The Labute approximate surface area is 67.9 Å². The molecule has 1 saturated heterocycles. The van der Waals surface area contributed by atoms with Gasteiger partial charge in [0, 0.05) is 6.42 Å². The van der Waals surface area contributed by atoms with Crippen LogP contribution in [0.1, 0.15) is 45.4 Å². The van der Waals surface area contributed by atoms with E-state index in [0.717, 1.165) is 32.1 Å². The lowest BCUT2D eigenvalue weighted by atomic mass is 10.1. The number of carbonyl (C=O) groups is 1. The van der Waals surface area contributed by atoms with E-state index in [1.54, 1.807) is 0 Å². The van der Waals surface area contributed by atoms with Gasteiger partial charge < -0.3 is 4.74 Å². The lowest BCUT2D eigenvalue weighted by molar-refractivity contribution is -0.148. The van der Waals surface area contributed by atoms with Crippen molar-refractivity contribution in [1.29, 1.82) is 0 Å². The molecule has 11 heavy (non-hydrogen) atoms. The highest BCUT2D eigenvalue weighted by Crippen LogP contribution is 2.17. The molecule has 1 unspecified atom stereocenters. The topological polar surface area (TPSA) is 26.3 Å². The first-order valence-electron chi connectivity index (χ1n) is 4.52. The molecular formula is C9H16O2. The summed E-state index contributed by atoms with van der Waals surface area (Å²) in [5.74, 6) is 0.000880. The van der Waals surface area contributed by atoms with Gasteiger partial charge in [0.05, 0.1) is 0 Å². The zero-order valence-corrected chi connectivity index (χ0v) is 7.14. The van der Waals surface area contributed by atoms with Crippen LogP contribution >= 0.6 is 0 Å². The summed E-state index contributed by atoms with van der Waals surface area (Å²) < 4.78 is 5.21. The number of ether oxygens (including phenoxy) is 1. The second kappa shape index (κ2) is 4.37.